The molecular weight excluding hydrogens is 432 g/mol. The van der Waals surface area contributed by atoms with E-state index in [1.165, 1.54) is 19.6 Å². The standard InChI is InChI=1S/C26H30N4O4/c1-16(2)29-23(31)12-10-19-9-11-21(22(13-19)33-5)34-26-20(14-27-15-28-26)25(32)30-24-17(3)7-6-8-18(24)4/h6-9,11,13-16H,10,12H2,1-5H3,(H,29,31)(H,30,32). The van der Waals surface area contributed by atoms with Gasteiger partial charge in [0.1, 0.15) is 11.9 Å². The van der Waals surface area contributed by atoms with E-state index in [-0.39, 0.29) is 29.3 Å². The van der Waals surface area contributed by atoms with Crippen LogP contribution in [-0.4, -0.2) is 34.9 Å². The van der Waals surface area contributed by atoms with Gasteiger partial charge in [0.2, 0.25) is 11.8 Å². The summed E-state index contributed by atoms with van der Waals surface area (Å²) in [5, 5.41) is 5.81. The smallest absolute Gasteiger partial charge is 0.262 e. The fraction of sp³-hybridized carbons (Fsp3) is 0.308. The summed E-state index contributed by atoms with van der Waals surface area (Å²) in [5.41, 5.74) is 3.77. The molecular formula is C26H30N4O4. The second-order valence-corrected chi connectivity index (χ2v) is 8.27. The van der Waals surface area contributed by atoms with Crippen LogP contribution in [0.25, 0.3) is 0 Å². The number of aromatic nitrogens is 2. The predicted molar refractivity (Wildman–Crippen MR) is 131 cm³/mol. The third-order valence-electron chi connectivity index (χ3n) is 5.17. The summed E-state index contributed by atoms with van der Waals surface area (Å²) in [6.45, 7) is 7.72. The average Bonchev–Trinajstić information content (AvgIpc) is 2.80. The molecule has 1 heterocycles. The topological polar surface area (TPSA) is 102 Å². The number of hydrogen-bond acceptors (Lipinski definition) is 6. The van der Waals surface area contributed by atoms with Gasteiger partial charge in [0.25, 0.3) is 5.91 Å². The maximum Gasteiger partial charge on any atom is 0.262 e. The van der Waals surface area contributed by atoms with Gasteiger partial charge < -0.3 is 20.1 Å². The number of para-hydroxylation sites is 1. The van der Waals surface area contributed by atoms with Crippen molar-refractivity contribution in [3.8, 4) is 17.4 Å². The first-order chi connectivity index (χ1) is 16.3. The van der Waals surface area contributed by atoms with E-state index in [2.05, 4.69) is 20.6 Å². The maximum atomic E-state index is 13.0. The zero-order valence-corrected chi connectivity index (χ0v) is 20.1. The molecule has 0 saturated heterocycles. The van der Waals surface area contributed by atoms with Crippen LogP contribution in [0.5, 0.6) is 17.4 Å². The van der Waals surface area contributed by atoms with Crippen molar-refractivity contribution >= 4 is 17.5 Å². The average molecular weight is 463 g/mol. The molecule has 0 aliphatic heterocycles. The Labute approximate surface area is 199 Å². The zero-order valence-electron chi connectivity index (χ0n) is 20.1. The fourth-order valence-electron chi connectivity index (χ4n) is 3.46. The Kier molecular flexibility index (Phi) is 8.19. The molecule has 34 heavy (non-hydrogen) atoms. The van der Waals surface area contributed by atoms with E-state index in [1.54, 1.807) is 6.07 Å². The van der Waals surface area contributed by atoms with Crippen molar-refractivity contribution in [3.05, 3.63) is 71.2 Å². The minimum Gasteiger partial charge on any atom is -0.493 e. The number of amides is 2. The molecule has 2 amide bonds. The lowest BCUT2D eigenvalue weighted by Crippen LogP contribution is -2.30. The van der Waals surface area contributed by atoms with E-state index in [0.717, 1.165) is 22.4 Å². The van der Waals surface area contributed by atoms with Crippen molar-refractivity contribution in [2.24, 2.45) is 0 Å². The molecule has 0 aliphatic rings. The molecule has 3 aromatic rings. The van der Waals surface area contributed by atoms with Crippen LogP contribution in [0.2, 0.25) is 0 Å². The molecule has 3 rings (SSSR count). The normalized spacial score (nSPS) is 10.6. The quantitative estimate of drug-likeness (QED) is 0.482. The second-order valence-electron chi connectivity index (χ2n) is 8.27. The Hall–Kier alpha value is -3.94. The lowest BCUT2D eigenvalue weighted by molar-refractivity contribution is -0.121. The number of benzene rings is 2. The number of methoxy groups -OCH3 is 1. The largest absolute Gasteiger partial charge is 0.493 e. The highest BCUT2D eigenvalue weighted by Crippen LogP contribution is 2.33. The monoisotopic (exact) mass is 462 g/mol. The number of nitrogens with zero attached hydrogens (tertiary/aromatic N) is 2. The molecule has 0 radical (unpaired) electrons. The molecule has 1 aromatic heterocycles. The third kappa shape index (κ3) is 6.31. The van der Waals surface area contributed by atoms with Gasteiger partial charge in [-0.2, -0.15) is 0 Å². The van der Waals surface area contributed by atoms with Crippen molar-refractivity contribution in [2.75, 3.05) is 12.4 Å². The summed E-state index contributed by atoms with van der Waals surface area (Å²) in [7, 11) is 1.53. The van der Waals surface area contributed by atoms with Gasteiger partial charge in [-0.3, -0.25) is 9.59 Å². The maximum absolute atomic E-state index is 13.0. The minimum absolute atomic E-state index is 0.00479. The minimum atomic E-state index is -0.375. The van der Waals surface area contributed by atoms with Crippen molar-refractivity contribution in [2.45, 2.75) is 46.6 Å². The first-order valence-corrected chi connectivity index (χ1v) is 11.1. The molecule has 8 heteroatoms. The predicted octanol–water partition coefficient (Wildman–Crippen LogP) is 4.60. The Morgan fingerprint density at radius 1 is 1.06 bits per heavy atom. The van der Waals surface area contributed by atoms with Crippen LogP contribution in [0, 0.1) is 13.8 Å². The Morgan fingerprint density at radius 3 is 2.47 bits per heavy atom. The molecule has 0 aliphatic carbocycles. The van der Waals surface area contributed by atoms with Gasteiger partial charge in [-0.05, 0) is 62.9 Å². The van der Waals surface area contributed by atoms with Crippen molar-refractivity contribution in [1.29, 1.82) is 0 Å². The summed E-state index contributed by atoms with van der Waals surface area (Å²) in [6, 6.07) is 11.3. The van der Waals surface area contributed by atoms with Gasteiger partial charge in [0.05, 0.1) is 7.11 Å². The van der Waals surface area contributed by atoms with E-state index in [4.69, 9.17) is 9.47 Å². The Bertz CT molecular complexity index is 1160. The first kappa shape index (κ1) is 24.7. The van der Waals surface area contributed by atoms with Crippen LogP contribution in [0.1, 0.15) is 47.3 Å². The summed E-state index contributed by atoms with van der Waals surface area (Å²) in [6.07, 6.45) is 3.67. The number of ether oxygens (including phenoxy) is 2. The molecule has 0 unspecified atom stereocenters. The number of hydrogen-bond donors (Lipinski definition) is 2. The number of nitrogens with one attached hydrogen (secondary N) is 2. The van der Waals surface area contributed by atoms with Gasteiger partial charge in [0.15, 0.2) is 11.5 Å². The molecule has 0 fully saturated rings. The molecule has 178 valence electrons. The summed E-state index contributed by atoms with van der Waals surface area (Å²) in [4.78, 5) is 33.1. The first-order valence-electron chi connectivity index (χ1n) is 11.1. The van der Waals surface area contributed by atoms with Crippen molar-refractivity contribution in [1.82, 2.24) is 15.3 Å². The summed E-state index contributed by atoms with van der Waals surface area (Å²) < 4.78 is 11.5. The van der Waals surface area contributed by atoms with Crippen LogP contribution < -0.4 is 20.1 Å². The molecule has 0 spiro atoms. The number of carbonyl (C=O) groups excluding carboxylic acids is 2. The Morgan fingerprint density at radius 2 is 1.79 bits per heavy atom. The number of rotatable bonds is 9. The van der Waals surface area contributed by atoms with Gasteiger partial charge in [-0.25, -0.2) is 9.97 Å². The highest BCUT2D eigenvalue weighted by molar-refractivity contribution is 6.06. The van der Waals surface area contributed by atoms with Gasteiger partial charge >= 0.3 is 0 Å². The molecule has 2 aromatic carbocycles. The van der Waals surface area contributed by atoms with E-state index < -0.39 is 0 Å². The zero-order chi connectivity index (χ0) is 24.7. The lowest BCUT2D eigenvalue weighted by Gasteiger charge is -2.15. The van der Waals surface area contributed by atoms with Crippen molar-refractivity contribution < 1.29 is 19.1 Å². The number of anilines is 1. The number of aryl methyl sites for hydroxylation is 3. The van der Waals surface area contributed by atoms with Crippen LogP contribution in [-0.2, 0) is 11.2 Å². The van der Waals surface area contributed by atoms with Crippen molar-refractivity contribution in [3.63, 3.8) is 0 Å². The highest BCUT2D eigenvalue weighted by Gasteiger charge is 2.18. The van der Waals surface area contributed by atoms with Crippen LogP contribution >= 0.6 is 0 Å². The van der Waals surface area contributed by atoms with E-state index >= 15 is 0 Å². The SMILES string of the molecule is COc1cc(CCC(=O)NC(C)C)ccc1Oc1ncncc1C(=O)Nc1c(C)cccc1C. The van der Waals surface area contributed by atoms with Gasteiger partial charge in [0, 0.05) is 24.3 Å². The molecule has 0 bridgehead atoms. The van der Waals surface area contributed by atoms with E-state index in [9.17, 15) is 9.59 Å². The lowest BCUT2D eigenvalue weighted by atomic mass is 10.1. The van der Waals surface area contributed by atoms with Gasteiger partial charge in [-0.15, -0.1) is 0 Å². The fourth-order valence-corrected chi connectivity index (χ4v) is 3.46. The molecule has 0 atom stereocenters. The van der Waals surface area contributed by atoms with E-state index in [1.807, 2.05) is 58.0 Å². The van der Waals surface area contributed by atoms with Gasteiger partial charge in [-0.1, -0.05) is 24.3 Å². The van der Waals surface area contributed by atoms with E-state index in [0.29, 0.717) is 24.3 Å². The molecule has 8 nitrogen and oxygen atoms in total. The third-order valence-corrected chi connectivity index (χ3v) is 5.17. The second kappa shape index (κ2) is 11.3. The van der Waals surface area contributed by atoms with Crippen LogP contribution in [0.4, 0.5) is 5.69 Å². The number of carbonyl (C=O) groups is 2. The molecule has 2 N–H and O–H groups in total. The highest BCUT2D eigenvalue weighted by atomic mass is 16.5. The van der Waals surface area contributed by atoms with Crippen LogP contribution in [0.15, 0.2) is 48.9 Å². The summed E-state index contributed by atoms with van der Waals surface area (Å²) in [5.74, 6) is 0.606. The summed E-state index contributed by atoms with van der Waals surface area (Å²) >= 11 is 0. The Balaban J connectivity index is 1.78. The molecule has 0 saturated carbocycles. The van der Waals surface area contributed by atoms with Crippen LogP contribution in [0.3, 0.4) is 0 Å².